The van der Waals surface area contributed by atoms with Crippen LogP contribution in [-0.4, -0.2) is 20.1 Å². The van der Waals surface area contributed by atoms with Gasteiger partial charge in [-0.25, -0.2) is 8.42 Å². The van der Waals surface area contributed by atoms with Gasteiger partial charge in [0, 0.05) is 14.8 Å². The normalized spacial score (nSPS) is 11.5. The molecule has 0 aromatic heterocycles. The van der Waals surface area contributed by atoms with E-state index in [2.05, 4.69) is 36.6 Å². The predicted molar refractivity (Wildman–Crippen MR) is 79.2 cm³/mol. The molecular formula is C10H12Br2ClNO2S. The van der Waals surface area contributed by atoms with Crippen LogP contribution in [-0.2, 0) is 10.0 Å². The minimum atomic E-state index is -3.32. The smallest absolute Gasteiger partial charge is 0.232 e. The van der Waals surface area contributed by atoms with Crippen molar-refractivity contribution >= 4 is 59.2 Å². The summed E-state index contributed by atoms with van der Waals surface area (Å²) in [5.41, 5.74) is 0.526. The number of sulfonamides is 1. The molecule has 7 heteroatoms. The first-order valence-electron chi connectivity index (χ1n) is 4.97. The van der Waals surface area contributed by atoms with Gasteiger partial charge >= 0.3 is 0 Å². The highest BCUT2D eigenvalue weighted by molar-refractivity contribution is 9.11. The van der Waals surface area contributed by atoms with Crippen molar-refractivity contribution in [1.29, 1.82) is 0 Å². The molecule has 1 rings (SSSR count). The number of alkyl halides is 1. The summed E-state index contributed by atoms with van der Waals surface area (Å²) in [5.74, 6) is 0.557. The maximum absolute atomic E-state index is 11.8. The Hall–Kier alpha value is 0.220. The Morgan fingerprint density at radius 3 is 2.29 bits per heavy atom. The minimum absolute atomic E-state index is 0.0769. The van der Waals surface area contributed by atoms with Crippen molar-refractivity contribution < 1.29 is 8.42 Å². The van der Waals surface area contributed by atoms with Crippen LogP contribution in [0, 0.1) is 0 Å². The van der Waals surface area contributed by atoms with Crippen LogP contribution >= 0.6 is 43.5 Å². The van der Waals surface area contributed by atoms with Crippen molar-refractivity contribution in [3.05, 3.63) is 27.1 Å². The molecule has 0 spiro atoms. The number of para-hydroxylation sites is 1. The molecular weight excluding hydrogens is 393 g/mol. The van der Waals surface area contributed by atoms with Crippen LogP contribution in [0.4, 0.5) is 5.69 Å². The second-order valence-electron chi connectivity index (χ2n) is 3.41. The lowest BCUT2D eigenvalue weighted by Crippen LogP contribution is -2.17. The summed E-state index contributed by atoms with van der Waals surface area (Å²) in [6.07, 6.45) is 1.25. The van der Waals surface area contributed by atoms with E-state index in [1.165, 1.54) is 0 Å². The molecule has 1 aromatic rings. The standard InChI is InChI=1S/C10H12Br2ClNO2S/c11-8-4-3-5-9(12)10(8)14-17(15,16)7-2-1-6-13/h3-5,14H,1-2,6-7H2. The summed E-state index contributed by atoms with van der Waals surface area (Å²) >= 11 is 12.1. The third kappa shape index (κ3) is 5.16. The number of hydrogen-bond donors (Lipinski definition) is 1. The zero-order chi connectivity index (χ0) is 12.9. The van der Waals surface area contributed by atoms with Crippen LogP contribution in [0.5, 0.6) is 0 Å². The van der Waals surface area contributed by atoms with Crippen LogP contribution in [0.2, 0.25) is 0 Å². The summed E-state index contributed by atoms with van der Waals surface area (Å²) in [6.45, 7) is 0. The highest BCUT2D eigenvalue weighted by atomic mass is 79.9. The zero-order valence-corrected chi connectivity index (χ0v) is 13.7. The van der Waals surface area contributed by atoms with Gasteiger partial charge < -0.3 is 0 Å². The second kappa shape index (κ2) is 6.97. The second-order valence-corrected chi connectivity index (χ2v) is 7.34. The molecule has 0 fully saturated rings. The molecule has 0 atom stereocenters. The average Bonchev–Trinajstić information content (AvgIpc) is 2.24. The van der Waals surface area contributed by atoms with E-state index in [1.54, 1.807) is 12.1 Å². The highest BCUT2D eigenvalue weighted by Crippen LogP contribution is 2.31. The molecule has 1 aromatic carbocycles. The summed E-state index contributed by atoms with van der Waals surface area (Å²) < 4.78 is 27.5. The lowest BCUT2D eigenvalue weighted by molar-refractivity contribution is 0.598. The Bertz CT molecular complexity index is 459. The first kappa shape index (κ1) is 15.3. The summed E-state index contributed by atoms with van der Waals surface area (Å²) in [6, 6.07) is 5.38. The topological polar surface area (TPSA) is 46.2 Å². The maximum Gasteiger partial charge on any atom is 0.232 e. The third-order valence-electron chi connectivity index (χ3n) is 2.02. The van der Waals surface area contributed by atoms with E-state index in [9.17, 15) is 8.42 Å². The van der Waals surface area contributed by atoms with Crippen LogP contribution in [0.25, 0.3) is 0 Å². The lowest BCUT2D eigenvalue weighted by atomic mass is 10.3. The Morgan fingerprint density at radius 2 is 1.76 bits per heavy atom. The summed E-state index contributed by atoms with van der Waals surface area (Å²) in [4.78, 5) is 0. The number of hydrogen-bond acceptors (Lipinski definition) is 2. The molecule has 0 aliphatic carbocycles. The minimum Gasteiger partial charge on any atom is -0.281 e. The van der Waals surface area contributed by atoms with Crippen molar-refractivity contribution in [2.45, 2.75) is 12.8 Å². The number of rotatable bonds is 6. The zero-order valence-electron chi connectivity index (χ0n) is 8.92. The van der Waals surface area contributed by atoms with E-state index in [1.807, 2.05) is 6.07 Å². The molecule has 0 aliphatic heterocycles. The molecule has 0 saturated heterocycles. The van der Waals surface area contributed by atoms with Crippen LogP contribution in [0.1, 0.15) is 12.8 Å². The van der Waals surface area contributed by atoms with Crippen molar-refractivity contribution in [3.8, 4) is 0 Å². The van der Waals surface area contributed by atoms with E-state index < -0.39 is 10.0 Å². The molecule has 0 bridgehead atoms. The Kier molecular flexibility index (Phi) is 6.26. The molecule has 96 valence electrons. The fourth-order valence-corrected chi connectivity index (χ4v) is 4.05. The van der Waals surface area contributed by atoms with Gasteiger partial charge in [0.2, 0.25) is 10.0 Å². The molecule has 0 unspecified atom stereocenters. The highest BCUT2D eigenvalue weighted by Gasteiger charge is 2.13. The van der Waals surface area contributed by atoms with Gasteiger partial charge in [0.05, 0.1) is 11.4 Å². The Balaban J connectivity index is 2.76. The third-order valence-corrected chi connectivity index (χ3v) is 4.95. The average molecular weight is 406 g/mol. The predicted octanol–water partition coefficient (Wildman–Crippen LogP) is 3.97. The largest absolute Gasteiger partial charge is 0.281 e. The molecule has 17 heavy (non-hydrogen) atoms. The van der Waals surface area contributed by atoms with E-state index in [0.717, 1.165) is 0 Å². The van der Waals surface area contributed by atoms with Gasteiger partial charge in [0.1, 0.15) is 0 Å². The van der Waals surface area contributed by atoms with Gasteiger partial charge in [0.15, 0.2) is 0 Å². The van der Waals surface area contributed by atoms with E-state index >= 15 is 0 Å². The van der Waals surface area contributed by atoms with Crippen molar-refractivity contribution in [2.75, 3.05) is 16.4 Å². The summed E-state index contributed by atoms with van der Waals surface area (Å²) in [5, 5.41) is 0. The van der Waals surface area contributed by atoms with Crippen molar-refractivity contribution in [2.24, 2.45) is 0 Å². The summed E-state index contributed by atoms with van der Waals surface area (Å²) in [7, 11) is -3.32. The number of halogens is 3. The van der Waals surface area contributed by atoms with Crippen LogP contribution < -0.4 is 4.72 Å². The first-order valence-corrected chi connectivity index (χ1v) is 8.74. The molecule has 0 aliphatic rings. The molecule has 0 amide bonds. The van der Waals surface area contributed by atoms with Crippen LogP contribution in [0.3, 0.4) is 0 Å². The fraction of sp³-hybridized carbons (Fsp3) is 0.400. The molecule has 0 saturated carbocycles. The number of anilines is 1. The van der Waals surface area contributed by atoms with Gasteiger partial charge in [-0.15, -0.1) is 11.6 Å². The molecule has 3 nitrogen and oxygen atoms in total. The van der Waals surface area contributed by atoms with Gasteiger partial charge in [-0.2, -0.15) is 0 Å². The van der Waals surface area contributed by atoms with Gasteiger partial charge in [0.25, 0.3) is 0 Å². The van der Waals surface area contributed by atoms with Gasteiger partial charge in [-0.05, 0) is 56.8 Å². The van der Waals surface area contributed by atoms with Crippen molar-refractivity contribution in [3.63, 3.8) is 0 Å². The quantitative estimate of drug-likeness (QED) is 0.575. The lowest BCUT2D eigenvalue weighted by Gasteiger charge is -2.11. The monoisotopic (exact) mass is 403 g/mol. The first-order chi connectivity index (χ1) is 7.96. The fourth-order valence-electron chi connectivity index (χ4n) is 1.19. The van der Waals surface area contributed by atoms with E-state index in [4.69, 9.17) is 11.6 Å². The SMILES string of the molecule is O=S(=O)(CCCCCl)Nc1c(Br)cccc1Br. The van der Waals surface area contributed by atoms with E-state index in [0.29, 0.717) is 33.4 Å². The van der Waals surface area contributed by atoms with Crippen LogP contribution in [0.15, 0.2) is 27.1 Å². The molecule has 1 N–H and O–H groups in total. The van der Waals surface area contributed by atoms with Crippen molar-refractivity contribution in [1.82, 2.24) is 0 Å². The van der Waals surface area contributed by atoms with E-state index in [-0.39, 0.29) is 5.75 Å². The number of unbranched alkanes of at least 4 members (excludes halogenated alkanes) is 1. The van der Waals surface area contributed by atoms with Gasteiger partial charge in [-0.3, -0.25) is 4.72 Å². The van der Waals surface area contributed by atoms with Gasteiger partial charge in [-0.1, -0.05) is 6.07 Å². The maximum atomic E-state index is 11.8. The Labute approximate surface area is 123 Å². The Morgan fingerprint density at radius 1 is 1.18 bits per heavy atom. The number of benzene rings is 1. The number of nitrogens with one attached hydrogen (secondary N) is 1. The molecule has 0 radical (unpaired) electrons. The molecule has 0 heterocycles.